The van der Waals surface area contributed by atoms with Crippen molar-refractivity contribution in [3.8, 4) is 11.6 Å². The molecule has 3 aromatic rings. The summed E-state index contributed by atoms with van der Waals surface area (Å²) in [6.07, 6.45) is 4.22. The van der Waals surface area contributed by atoms with Crippen LogP contribution in [-0.4, -0.2) is 53.9 Å². The number of halogens is 2. The molecule has 1 aliphatic heterocycles. The van der Waals surface area contributed by atoms with E-state index >= 15 is 0 Å². The number of piperidine rings is 1. The molecule has 1 saturated heterocycles. The summed E-state index contributed by atoms with van der Waals surface area (Å²) >= 11 is 0. The van der Waals surface area contributed by atoms with Crippen molar-refractivity contribution in [1.29, 1.82) is 0 Å². The second-order valence-electron chi connectivity index (χ2n) is 7.22. The lowest BCUT2D eigenvalue weighted by Gasteiger charge is -2.34. The van der Waals surface area contributed by atoms with Crippen LogP contribution in [0.3, 0.4) is 0 Å². The number of benzene rings is 1. The third kappa shape index (κ3) is 6.18. The SMILES string of the molecule is CN=C(NCCc1nc(-c2ccco2)n[nH]1)NC1CCN(c2cccc(F)c2)CC1.I. The molecule has 0 unspecified atom stereocenters. The molecule has 0 saturated carbocycles. The summed E-state index contributed by atoms with van der Waals surface area (Å²) in [5, 5.41) is 13.9. The number of aromatic nitrogens is 3. The zero-order chi connectivity index (χ0) is 20.8. The predicted molar refractivity (Wildman–Crippen MR) is 129 cm³/mol. The second kappa shape index (κ2) is 11.1. The average molecular weight is 539 g/mol. The normalized spacial score (nSPS) is 14.9. The third-order valence-corrected chi connectivity index (χ3v) is 5.16. The number of hydrogen-bond acceptors (Lipinski definition) is 5. The summed E-state index contributed by atoms with van der Waals surface area (Å²) in [5.74, 6) is 2.56. The monoisotopic (exact) mass is 539 g/mol. The number of rotatable bonds is 6. The van der Waals surface area contributed by atoms with Crippen molar-refractivity contribution in [2.45, 2.75) is 25.3 Å². The van der Waals surface area contributed by atoms with Crippen molar-refractivity contribution >= 4 is 35.6 Å². The Balaban J connectivity index is 0.00000272. The van der Waals surface area contributed by atoms with Crippen molar-refractivity contribution in [2.24, 2.45) is 4.99 Å². The lowest BCUT2D eigenvalue weighted by atomic mass is 10.0. The lowest BCUT2D eigenvalue weighted by Crippen LogP contribution is -2.49. The van der Waals surface area contributed by atoms with Gasteiger partial charge in [0.2, 0.25) is 5.82 Å². The van der Waals surface area contributed by atoms with Gasteiger partial charge in [-0.25, -0.2) is 9.37 Å². The molecule has 0 radical (unpaired) electrons. The van der Waals surface area contributed by atoms with E-state index in [1.807, 2.05) is 18.2 Å². The molecule has 10 heteroatoms. The smallest absolute Gasteiger partial charge is 0.216 e. The molecule has 3 N–H and O–H groups in total. The number of H-pyrrole nitrogens is 1. The number of nitrogens with one attached hydrogen (secondary N) is 3. The summed E-state index contributed by atoms with van der Waals surface area (Å²) in [7, 11) is 1.76. The van der Waals surface area contributed by atoms with Crippen molar-refractivity contribution in [3.05, 3.63) is 54.3 Å². The molecule has 0 amide bonds. The molecule has 8 nitrogen and oxygen atoms in total. The van der Waals surface area contributed by atoms with Crippen molar-refractivity contribution in [3.63, 3.8) is 0 Å². The highest BCUT2D eigenvalue weighted by Crippen LogP contribution is 2.20. The van der Waals surface area contributed by atoms with Gasteiger partial charge in [-0.3, -0.25) is 10.1 Å². The Morgan fingerprint density at radius 3 is 2.84 bits per heavy atom. The molecule has 2 aromatic heterocycles. The largest absolute Gasteiger partial charge is 0.461 e. The first-order valence-corrected chi connectivity index (χ1v) is 10.1. The van der Waals surface area contributed by atoms with E-state index in [0.29, 0.717) is 30.6 Å². The standard InChI is InChI=1S/C21H26FN7O.HI/c1-23-21(24-10-7-19-26-20(28-27-19)18-6-3-13-30-18)25-16-8-11-29(12-9-16)17-5-2-4-15(22)14-17;/h2-6,13-14,16H,7-12H2,1H3,(H2,23,24,25)(H,26,27,28);1H. The molecule has 1 aromatic carbocycles. The highest BCUT2D eigenvalue weighted by atomic mass is 127. The number of aromatic amines is 1. The van der Waals surface area contributed by atoms with Crippen LogP contribution >= 0.6 is 24.0 Å². The van der Waals surface area contributed by atoms with Crippen molar-refractivity contribution in [2.75, 3.05) is 31.6 Å². The Morgan fingerprint density at radius 2 is 2.13 bits per heavy atom. The molecule has 0 aliphatic carbocycles. The first-order valence-electron chi connectivity index (χ1n) is 10.1. The van der Waals surface area contributed by atoms with Gasteiger partial charge in [0.15, 0.2) is 11.7 Å². The minimum atomic E-state index is -0.194. The Kier molecular flexibility index (Phi) is 8.27. The topological polar surface area (TPSA) is 94.4 Å². The van der Waals surface area contributed by atoms with Crippen LogP contribution < -0.4 is 15.5 Å². The van der Waals surface area contributed by atoms with Gasteiger partial charge in [-0.15, -0.1) is 24.0 Å². The van der Waals surface area contributed by atoms with E-state index < -0.39 is 0 Å². The third-order valence-electron chi connectivity index (χ3n) is 5.16. The molecule has 0 spiro atoms. The number of nitrogens with zero attached hydrogens (tertiary/aromatic N) is 4. The summed E-state index contributed by atoms with van der Waals surface area (Å²) in [6, 6.07) is 10.8. The number of furan rings is 1. The zero-order valence-corrected chi connectivity index (χ0v) is 19.7. The van der Waals surface area contributed by atoms with Crippen molar-refractivity contribution < 1.29 is 8.81 Å². The molecule has 4 rings (SSSR count). The molecule has 31 heavy (non-hydrogen) atoms. The summed E-state index contributed by atoms with van der Waals surface area (Å²) in [6.45, 7) is 2.44. The van der Waals surface area contributed by atoms with Gasteiger partial charge in [-0.2, -0.15) is 5.10 Å². The molecular formula is C21H27FIN7O. The fourth-order valence-corrected chi connectivity index (χ4v) is 3.57. The second-order valence-corrected chi connectivity index (χ2v) is 7.22. The molecule has 3 heterocycles. The minimum Gasteiger partial charge on any atom is -0.461 e. The van der Waals surface area contributed by atoms with Crippen LogP contribution in [0, 0.1) is 5.82 Å². The number of hydrogen-bond donors (Lipinski definition) is 3. The van der Waals surface area contributed by atoms with Gasteiger partial charge >= 0.3 is 0 Å². The quantitative estimate of drug-likeness (QED) is 0.253. The summed E-state index contributed by atoms with van der Waals surface area (Å²) in [5.41, 5.74) is 0.942. The van der Waals surface area contributed by atoms with Crippen LogP contribution in [0.15, 0.2) is 52.1 Å². The molecule has 0 atom stereocenters. The Hall–Kier alpha value is -2.63. The van der Waals surface area contributed by atoms with E-state index in [2.05, 4.69) is 35.7 Å². The van der Waals surface area contributed by atoms with Gasteiger partial charge in [-0.1, -0.05) is 6.07 Å². The molecular weight excluding hydrogens is 512 g/mol. The molecule has 166 valence electrons. The Bertz CT molecular complexity index is 968. The van der Waals surface area contributed by atoms with E-state index in [0.717, 1.165) is 43.4 Å². The Morgan fingerprint density at radius 1 is 1.29 bits per heavy atom. The number of anilines is 1. The predicted octanol–water partition coefficient (Wildman–Crippen LogP) is 3.20. The molecule has 1 aliphatic rings. The maximum Gasteiger partial charge on any atom is 0.216 e. The first-order chi connectivity index (χ1) is 14.7. The summed E-state index contributed by atoms with van der Waals surface area (Å²) in [4.78, 5) is 11.0. The maximum atomic E-state index is 13.5. The van der Waals surface area contributed by atoms with Gasteiger partial charge in [0, 0.05) is 44.8 Å². The van der Waals surface area contributed by atoms with Crippen LogP contribution in [0.25, 0.3) is 11.6 Å². The van der Waals surface area contributed by atoms with E-state index in [4.69, 9.17) is 4.42 Å². The summed E-state index contributed by atoms with van der Waals surface area (Å²) < 4.78 is 18.8. The fourth-order valence-electron chi connectivity index (χ4n) is 3.57. The van der Waals surface area contributed by atoms with Crippen LogP contribution in [0.4, 0.5) is 10.1 Å². The number of aliphatic imine (C=N–C) groups is 1. The zero-order valence-electron chi connectivity index (χ0n) is 17.3. The minimum absolute atomic E-state index is 0. The fraction of sp³-hybridized carbons (Fsp3) is 0.381. The van der Waals surface area contributed by atoms with Gasteiger partial charge in [0.05, 0.1) is 6.26 Å². The van der Waals surface area contributed by atoms with Crippen molar-refractivity contribution in [1.82, 2.24) is 25.8 Å². The lowest BCUT2D eigenvalue weighted by molar-refractivity contribution is 0.461. The van der Waals surface area contributed by atoms with E-state index in [9.17, 15) is 4.39 Å². The molecule has 1 fully saturated rings. The Labute approximate surface area is 197 Å². The van der Waals surface area contributed by atoms with Crippen LogP contribution in [0.2, 0.25) is 0 Å². The maximum absolute atomic E-state index is 13.5. The van der Waals surface area contributed by atoms with Gasteiger partial charge in [0.1, 0.15) is 11.6 Å². The van der Waals surface area contributed by atoms with E-state index in [1.165, 1.54) is 6.07 Å². The highest BCUT2D eigenvalue weighted by Gasteiger charge is 2.20. The van der Waals surface area contributed by atoms with Crippen LogP contribution in [0.1, 0.15) is 18.7 Å². The number of guanidine groups is 1. The van der Waals surface area contributed by atoms with E-state index in [-0.39, 0.29) is 29.8 Å². The average Bonchev–Trinajstić information content (AvgIpc) is 3.45. The van der Waals surface area contributed by atoms with Gasteiger partial charge in [0.25, 0.3) is 0 Å². The van der Waals surface area contributed by atoms with Gasteiger partial charge < -0.3 is 20.0 Å². The van der Waals surface area contributed by atoms with Gasteiger partial charge in [-0.05, 0) is 43.2 Å². The molecule has 0 bridgehead atoms. The first kappa shape index (κ1) is 23.0. The van der Waals surface area contributed by atoms with Crippen LogP contribution in [0.5, 0.6) is 0 Å². The highest BCUT2D eigenvalue weighted by molar-refractivity contribution is 14.0. The van der Waals surface area contributed by atoms with E-state index in [1.54, 1.807) is 25.4 Å². The van der Waals surface area contributed by atoms with Crippen LogP contribution in [-0.2, 0) is 6.42 Å².